The zero-order valence-electron chi connectivity index (χ0n) is 43.9. The van der Waals surface area contributed by atoms with Crippen LogP contribution in [0, 0.1) is 0 Å². The van der Waals surface area contributed by atoms with E-state index in [1.54, 1.807) is 0 Å². The van der Waals surface area contributed by atoms with Gasteiger partial charge in [0.2, 0.25) is 0 Å². The maximum atomic E-state index is 2.82. The van der Waals surface area contributed by atoms with Crippen LogP contribution < -0.4 is 20.6 Å². The number of anilines is 5. The second kappa shape index (κ2) is 14.0. The Hall–Kier alpha value is -4.80. The van der Waals surface area contributed by atoms with Crippen LogP contribution in [0.1, 0.15) is 181 Å². The molecule has 12 rings (SSSR count). The molecule has 68 heavy (non-hydrogen) atoms. The minimum Gasteiger partial charge on any atom is -0.376 e. The topological polar surface area (TPSA) is 6.48 Å². The maximum Gasteiger partial charge on any atom is 0.333 e. The largest absolute Gasteiger partial charge is 0.376 e. The third-order valence-electron chi connectivity index (χ3n) is 18.6. The number of rotatable bonds is 2. The molecule has 0 fully saturated rings. The van der Waals surface area contributed by atoms with Gasteiger partial charge in [-0.15, -0.1) is 11.3 Å². The SMILES string of the molecule is CC(C)(C)c1cc2c3c(c1)N(c1ccc4c(c1)C(C)(C)CCC4(C)C)c1cc4c(cc1B3N(c1ccc3c(c1)C(C)(C)CCC3(C)C)c1ccc3c(sc5ccccc53)c1-2)C(C)(C)CCC4(C)C. The molecule has 0 spiro atoms. The van der Waals surface area contributed by atoms with Crippen molar-refractivity contribution >= 4 is 77.7 Å². The van der Waals surface area contributed by atoms with Crippen molar-refractivity contribution in [3.05, 3.63) is 136 Å². The highest BCUT2D eigenvalue weighted by Crippen LogP contribution is 2.57. The molecule has 4 heteroatoms. The molecule has 6 aromatic carbocycles. The van der Waals surface area contributed by atoms with E-state index >= 15 is 0 Å². The molecule has 3 aliphatic carbocycles. The fraction of sp³-hybridized carbons (Fsp3) is 0.438. The van der Waals surface area contributed by atoms with Crippen LogP contribution in [0.15, 0.2) is 97.1 Å². The van der Waals surface area contributed by atoms with Gasteiger partial charge in [0, 0.05) is 54.2 Å². The Morgan fingerprint density at radius 3 is 1.57 bits per heavy atom. The number of thiophene rings is 1. The van der Waals surface area contributed by atoms with E-state index in [2.05, 4.69) is 211 Å². The first-order chi connectivity index (χ1) is 31.8. The van der Waals surface area contributed by atoms with Crippen LogP contribution >= 0.6 is 11.3 Å². The number of nitrogens with zero attached hydrogens (tertiary/aromatic N) is 2. The monoisotopic (exact) mass is 913 g/mol. The third-order valence-corrected chi connectivity index (χ3v) is 19.8. The van der Waals surface area contributed by atoms with E-state index < -0.39 is 0 Å². The van der Waals surface area contributed by atoms with Gasteiger partial charge in [0.15, 0.2) is 0 Å². The predicted molar refractivity (Wildman–Crippen MR) is 298 cm³/mol. The van der Waals surface area contributed by atoms with E-state index in [1.807, 2.05) is 11.3 Å². The lowest BCUT2D eigenvalue weighted by atomic mass is 9.42. The van der Waals surface area contributed by atoms with E-state index in [-0.39, 0.29) is 44.8 Å². The normalized spacial score (nSPS) is 20.8. The third kappa shape index (κ3) is 6.26. The Morgan fingerprint density at radius 2 is 0.985 bits per heavy atom. The van der Waals surface area contributed by atoms with Gasteiger partial charge in [0.25, 0.3) is 0 Å². The van der Waals surface area contributed by atoms with Gasteiger partial charge in [-0.25, -0.2) is 0 Å². The van der Waals surface area contributed by atoms with Crippen LogP contribution in [0.3, 0.4) is 0 Å². The van der Waals surface area contributed by atoms with Gasteiger partial charge in [0.1, 0.15) is 0 Å². The lowest BCUT2D eigenvalue weighted by molar-refractivity contribution is 0.332. The van der Waals surface area contributed by atoms with Gasteiger partial charge in [-0.05, 0) is 180 Å². The zero-order valence-corrected chi connectivity index (χ0v) is 44.7. The van der Waals surface area contributed by atoms with E-state index in [9.17, 15) is 0 Å². The molecule has 0 radical (unpaired) electrons. The van der Waals surface area contributed by atoms with Crippen LogP contribution in [0.2, 0.25) is 0 Å². The molecule has 0 unspecified atom stereocenters. The van der Waals surface area contributed by atoms with Gasteiger partial charge in [-0.1, -0.05) is 152 Å². The van der Waals surface area contributed by atoms with E-state index in [4.69, 9.17) is 0 Å². The molecule has 0 atom stereocenters. The zero-order chi connectivity index (χ0) is 48.0. The highest BCUT2D eigenvalue weighted by atomic mass is 32.1. The lowest BCUT2D eigenvalue weighted by Crippen LogP contribution is -2.62. The van der Waals surface area contributed by atoms with E-state index in [0.29, 0.717) is 0 Å². The molecule has 0 saturated carbocycles. The molecule has 2 nitrogen and oxygen atoms in total. The van der Waals surface area contributed by atoms with E-state index in [1.165, 1.54) is 148 Å². The summed E-state index contributed by atoms with van der Waals surface area (Å²) in [6, 6.07) is 40.0. The van der Waals surface area contributed by atoms with Crippen molar-refractivity contribution in [2.75, 3.05) is 9.71 Å². The van der Waals surface area contributed by atoms with Crippen molar-refractivity contribution in [3.8, 4) is 11.1 Å². The minimum atomic E-state index is -0.0844. The standard InChI is InChI=1S/C64H73BN2S/c1-58(2,3)38-32-43-55-51(25-22-42-41-18-16-17-19-54(41)68-57(42)55)67(40-21-24-45-47(35-40)62(10,11)29-27-60(45,6)7)65-50-36-48-49(64(14,15)31-30-63(48,12)13)37-52(50)66(53(33-38)56(43)65)39-20-23-44-46(34-39)61(8,9)28-26-59(44,4)5/h16-25,32-37H,26-31H2,1-15H3. The molecule has 7 aromatic rings. The Labute approximate surface area is 412 Å². The second-order valence-corrected chi connectivity index (χ2v) is 28.0. The van der Waals surface area contributed by atoms with Crippen molar-refractivity contribution in [2.24, 2.45) is 0 Å². The van der Waals surface area contributed by atoms with Crippen molar-refractivity contribution in [2.45, 2.75) is 180 Å². The molecule has 0 saturated heterocycles. The summed E-state index contributed by atoms with van der Waals surface area (Å²) in [6.07, 6.45) is 7.14. The minimum absolute atomic E-state index is 0.0449. The summed E-state index contributed by atoms with van der Waals surface area (Å²) >= 11 is 1.98. The molecule has 5 aliphatic rings. The van der Waals surface area contributed by atoms with Gasteiger partial charge in [-0.3, -0.25) is 0 Å². The highest BCUT2D eigenvalue weighted by Gasteiger charge is 2.50. The van der Waals surface area contributed by atoms with Crippen LogP contribution in [-0.2, 0) is 37.9 Å². The fourth-order valence-electron chi connectivity index (χ4n) is 13.7. The lowest BCUT2D eigenvalue weighted by Gasteiger charge is -2.49. The molecule has 0 N–H and O–H groups in total. The summed E-state index contributed by atoms with van der Waals surface area (Å²) in [5.74, 6) is 0. The summed E-state index contributed by atoms with van der Waals surface area (Å²) in [5, 5.41) is 2.71. The number of hydrogen-bond donors (Lipinski definition) is 0. The predicted octanol–water partition coefficient (Wildman–Crippen LogP) is 17.1. The summed E-state index contributed by atoms with van der Waals surface area (Å²) in [5.41, 5.74) is 23.1. The molecule has 2 aliphatic heterocycles. The first-order valence-electron chi connectivity index (χ1n) is 26.0. The molecule has 348 valence electrons. The number of fused-ring (bicyclic) bond motifs is 11. The molecule has 0 amide bonds. The Balaban J connectivity index is 1.25. The van der Waals surface area contributed by atoms with Crippen molar-refractivity contribution < 1.29 is 0 Å². The van der Waals surface area contributed by atoms with Crippen LogP contribution in [0.5, 0.6) is 0 Å². The Kier molecular flexibility index (Phi) is 9.12. The quantitative estimate of drug-likeness (QED) is 0.160. The molecule has 1 aromatic heterocycles. The molecular weight excluding hydrogens is 840 g/mol. The van der Waals surface area contributed by atoms with Crippen molar-refractivity contribution in [3.63, 3.8) is 0 Å². The smallest absolute Gasteiger partial charge is 0.333 e. The van der Waals surface area contributed by atoms with Crippen LogP contribution in [-0.4, -0.2) is 6.85 Å². The van der Waals surface area contributed by atoms with Crippen molar-refractivity contribution in [1.82, 2.24) is 0 Å². The van der Waals surface area contributed by atoms with Crippen LogP contribution in [0.4, 0.5) is 28.4 Å². The number of hydrogen-bond acceptors (Lipinski definition) is 3. The summed E-state index contributed by atoms with van der Waals surface area (Å²) in [6.45, 7) is 37.0. The average Bonchev–Trinajstić information content (AvgIpc) is 3.66. The Morgan fingerprint density at radius 1 is 0.471 bits per heavy atom. The van der Waals surface area contributed by atoms with Crippen LogP contribution in [0.25, 0.3) is 31.3 Å². The summed E-state index contributed by atoms with van der Waals surface area (Å²) < 4.78 is 2.74. The first kappa shape index (κ1) is 44.4. The first-order valence-corrected chi connectivity index (χ1v) is 26.8. The van der Waals surface area contributed by atoms with Gasteiger partial charge >= 0.3 is 6.85 Å². The summed E-state index contributed by atoms with van der Waals surface area (Å²) in [4.78, 5) is 5.57. The fourth-order valence-corrected chi connectivity index (χ4v) is 15.0. The highest BCUT2D eigenvalue weighted by molar-refractivity contribution is 7.26. The molecule has 3 heterocycles. The van der Waals surface area contributed by atoms with Gasteiger partial charge in [0.05, 0.1) is 0 Å². The Bertz CT molecular complexity index is 3310. The second-order valence-electron chi connectivity index (χ2n) is 27.0. The van der Waals surface area contributed by atoms with Gasteiger partial charge < -0.3 is 9.71 Å². The molecule has 0 bridgehead atoms. The molecular formula is C64H73BN2S. The number of benzene rings is 6. The average molecular weight is 913 g/mol. The van der Waals surface area contributed by atoms with Crippen molar-refractivity contribution in [1.29, 1.82) is 0 Å². The van der Waals surface area contributed by atoms with E-state index in [0.717, 1.165) is 0 Å². The summed E-state index contributed by atoms with van der Waals surface area (Å²) in [7, 11) is 0. The maximum absolute atomic E-state index is 2.82. The van der Waals surface area contributed by atoms with Gasteiger partial charge in [-0.2, -0.15) is 0 Å².